The van der Waals surface area contributed by atoms with Crippen LogP contribution in [0, 0.1) is 0 Å². The third kappa shape index (κ3) is 2.87. The zero-order chi connectivity index (χ0) is 14.9. The fraction of sp³-hybridized carbons (Fsp3) is 0.333. The van der Waals surface area contributed by atoms with E-state index >= 15 is 0 Å². The Morgan fingerprint density at radius 2 is 2.10 bits per heavy atom. The van der Waals surface area contributed by atoms with Gasteiger partial charge in [0.15, 0.2) is 0 Å². The first-order valence-corrected chi connectivity index (χ1v) is 6.27. The Balaban J connectivity index is 2.49. The van der Waals surface area contributed by atoms with Crippen molar-refractivity contribution in [2.24, 2.45) is 5.73 Å². The van der Waals surface area contributed by atoms with Crippen molar-refractivity contribution in [1.29, 1.82) is 0 Å². The molecule has 20 heavy (non-hydrogen) atoms. The molecule has 0 saturated heterocycles. The molecule has 8 heteroatoms. The van der Waals surface area contributed by atoms with Crippen molar-refractivity contribution in [3.63, 3.8) is 0 Å². The van der Waals surface area contributed by atoms with Gasteiger partial charge in [-0.3, -0.25) is 4.79 Å². The molecule has 2 aromatic rings. The van der Waals surface area contributed by atoms with Crippen LogP contribution in [-0.4, -0.2) is 15.5 Å². The predicted octanol–water partition coefficient (Wildman–Crippen LogP) is 2.67. The molecule has 2 N–H and O–H groups in total. The topological polar surface area (TPSA) is 60.9 Å². The van der Waals surface area contributed by atoms with Crippen molar-refractivity contribution in [3.05, 3.63) is 29.6 Å². The number of primary amides is 1. The first-order valence-electron chi connectivity index (χ1n) is 5.73. The van der Waals surface area contributed by atoms with Crippen molar-refractivity contribution in [2.75, 3.05) is 0 Å². The van der Waals surface area contributed by atoms with Gasteiger partial charge < -0.3 is 10.3 Å². The van der Waals surface area contributed by atoms with E-state index in [1.807, 2.05) is 0 Å². The summed E-state index contributed by atoms with van der Waals surface area (Å²) in [5.74, 6) is -0.0593. The summed E-state index contributed by atoms with van der Waals surface area (Å²) in [7, 11) is 0. The lowest BCUT2D eigenvalue weighted by Gasteiger charge is -2.08. The number of benzene rings is 1. The summed E-state index contributed by atoms with van der Waals surface area (Å²) in [5, 5.41) is 0. The minimum atomic E-state index is -4.42. The second-order valence-electron chi connectivity index (χ2n) is 4.23. The standard InChI is InChI=1S/C12H11ClF3N3O/c13-6-11-18-8-5-7(12(14,15)16)1-2-9(8)19(11)4-3-10(17)20/h1-2,5H,3-4,6H2,(H2,17,20). The molecule has 1 heterocycles. The van der Waals surface area contributed by atoms with Gasteiger partial charge in [-0.25, -0.2) is 4.98 Å². The van der Waals surface area contributed by atoms with E-state index in [1.165, 1.54) is 6.07 Å². The lowest BCUT2D eigenvalue weighted by molar-refractivity contribution is -0.137. The van der Waals surface area contributed by atoms with E-state index in [0.717, 1.165) is 12.1 Å². The molecule has 0 aliphatic rings. The van der Waals surface area contributed by atoms with Gasteiger partial charge in [0, 0.05) is 13.0 Å². The molecular weight excluding hydrogens is 295 g/mol. The summed E-state index contributed by atoms with van der Waals surface area (Å²) in [6.45, 7) is 0.235. The molecule has 0 radical (unpaired) electrons. The number of aryl methyl sites for hydroxylation is 1. The monoisotopic (exact) mass is 305 g/mol. The Hall–Kier alpha value is -1.76. The molecule has 0 spiro atoms. The van der Waals surface area contributed by atoms with Crippen LogP contribution in [0.4, 0.5) is 13.2 Å². The van der Waals surface area contributed by atoms with Gasteiger partial charge in [-0.05, 0) is 18.2 Å². The number of nitrogens with zero attached hydrogens (tertiary/aromatic N) is 2. The van der Waals surface area contributed by atoms with Crippen LogP contribution in [0.15, 0.2) is 18.2 Å². The van der Waals surface area contributed by atoms with Crippen molar-refractivity contribution in [3.8, 4) is 0 Å². The van der Waals surface area contributed by atoms with E-state index < -0.39 is 17.6 Å². The number of halogens is 4. The number of hydrogen-bond donors (Lipinski definition) is 1. The van der Waals surface area contributed by atoms with Gasteiger partial charge in [0.2, 0.25) is 5.91 Å². The summed E-state index contributed by atoms with van der Waals surface area (Å²) in [6, 6.07) is 3.26. The number of amides is 1. The van der Waals surface area contributed by atoms with E-state index in [4.69, 9.17) is 17.3 Å². The fourth-order valence-corrected chi connectivity index (χ4v) is 2.13. The summed E-state index contributed by atoms with van der Waals surface area (Å²) in [5.41, 5.74) is 4.99. The van der Waals surface area contributed by atoms with Crippen molar-refractivity contribution in [1.82, 2.24) is 9.55 Å². The molecule has 1 amide bonds. The summed E-state index contributed by atoms with van der Waals surface area (Å²) in [6.07, 6.45) is -4.36. The maximum Gasteiger partial charge on any atom is 0.416 e. The normalized spacial score (nSPS) is 12.0. The van der Waals surface area contributed by atoms with Crippen molar-refractivity contribution < 1.29 is 18.0 Å². The zero-order valence-corrected chi connectivity index (χ0v) is 11.0. The average Bonchev–Trinajstić information content (AvgIpc) is 2.71. The quantitative estimate of drug-likeness (QED) is 0.883. The van der Waals surface area contributed by atoms with Gasteiger partial charge in [0.25, 0.3) is 0 Å². The van der Waals surface area contributed by atoms with Gasteiger partial charge in [-0.1, -0.05) is 0 Å². The largest absolute Gasteiger partial charge is 0.416 e. The number of hydrogen-bond acceptors (Lipinski definition) is 2. The van der Waals surface area contributed by atoms with Crippen LogP contribution in [0.2, 0.25) is 0 Å². The molecule has 0 saturated carbocycles. The number of imidazole rings is 1. The molecule has 4 nitrogen and oxygen atoms in total. The Labute approximate surface area is 117 Å². The van der Waals surface area contributed by atoms with Crippen LogP contribution in [-0.2, 0) is 23.4 Å². The van der Waals surface area contributed by atoms with Crippen LogP contribution in [0.25, 0.3) is 11.0 Å². The smallest absolute Gasteiger partial charge is 0.370 e. The van der Waals surface area contributed by atoms with E-state index in [0.29, 0.717) is 11.3 Å². The Bertz CT molecular complexity index is 651. The predicted molar refractivity (Wildman–Crippen MR) is 68.1 cm³/mol. The first kappa shape index (κ1) is 14.6. The number of fused-ring (bicyclic) bond motifs is 1. The second kappa shape index (κ2) is 5.32. The van der Waals surface area contributed by atoms with E-state index in [9.17, 15) is 18.0 Å². The molecule has 0 bridgehead atoms. The van der Waals surface area contributed by atoms with Gasteiger partial charge in [0.05, 0.1) is 22.5 Å². The molecule has 0 unspecified atom stereocenters. The average molecular weight is 306 g/mol. The molecule has 1 aromatic carbocycles. The number of rotatable bonds is 4. The van der Waals surface area contributed by atoms with E-state index in [2.05, 4.69) is 4.98 Å². The maximum absolute atomic E-state index is 12.6. The number of carbonyl (C=O) groups excluding carboxylic acids is 1. The Morgan fingerprint density at radius 1 is 1.40 bits per heavy atom. The molecule has 2 rings (SSSR count). The highest BCUT2D eigenvalue weighted by Crippen LogP contribution is 2.31. The lowest BCUT2D eigenvalue weighted by atomic mass is 10.2. The minimum absolute atomic E-state index is 0.0365. The van der Waals surface area contributed by atoms with Gasteiger partial charge in [-0.15, -0.1) is 11.6 Å². The van der Waals surface area contributed by atoms with Crippen LogP contribution < -0.4 is 5.73 Å². The Kier molecular flexibility index (Phi) is 3.89. The van der Waals surface area contributed by atoms with Gasteiger partial charge in [0.1, 0.15) is 5.82 Å². The number of alkyl halides is 4. The highest BCUT2D eigenvalue weighted by Gasteiger charge is 2.31. The third-order valence-corrected chi connectivity index (χ3v) is 3.09. The molecule has 0 atom stereocenters. The Morgan fingerprint density at radius 3 is 2.65 bits per heavy atom. The zero-order valence-electron chi connectivity index (χ0n) is 10.2. The third-order valence-electron chi connectivity index (χ3n) is 2.86. The molecule has 0 aliphatic carbocycles. The molecular formula is C12H11ClF3N3O. The van der Waals surface area contributed by atoms with Crippen LogP contribution >= 0.6 is 11.6 Å². The highest BCUT2D eigenvalue weighted by atomic mass is 35.5. The maximum atomic E-state index is 12.6. The second-order valence-corrected chi connectivity index (χ2v) is 4.50. The lowest BCUT2D eigenvalue weighted by Crippen LogP contribution is -2.14. The van der Waals surface area contributed by atoms with Gasteiger partial charge >= 0.3 is 6.18 Å². The van der Waals surface area contributed by atoms with Gasteiger partial charge in [-0.2, -0.15) is 13.2 Å². The van der Waals surface area contributed by atoms with Crippen LogP contribution in [0.1, 0.15) is 17.8 Å². The SMILES string of the molecule is NC(=O)CCn1c(CCl)nc2cc(C(F)(F)F)ccc21. The van der Waals surface area contributed by atoms with Crippen molar-refractivity contribution >= 4 is 28.5 Å². The summed E-state index contributed by atoms with van der Waals surface area (Å²) in [4.78, 5) is 14.9. The first-order chi connectivity index (χ1) is 9.32. The molecule has 0 fully saturated rings. The van der Waals surface area contributed by atoms with E-state index in [1.54, 1.807) is 4.57 Å². The van der Waals surface area contributed by atoms with Crippen LogP contribution in [0.5, 0.6) is 0 Å². The number of nitrogens with two attached hydrogens (primary N) is 1. The number of carbonyl (C=O) groups is 1. The highest BCUT2D eigenvalue weighted by molar-refractivity contribution is 6.16. The fourth-order valence-electron chi connectivity index (χ4n) is 1.93. The van der Waals surface area contributed by atoms with Crippen molar-refractivity contribution in [2.45, 2.75) is 25.0 Å². The molecule has 0 aliphatic heterocycles. The van der Waals surface area contributed by atoms with Crippen LogP contribution in [0.3, 0.4) is 0 Å². The molecule has 108 valence electrons. The van der Waals surface area contributed by atoms with E-state index in [-0.39, 0.29) is 24.4 Å². The number of aromatic nitrogens is 2. The minimum Gasteiger partial charge on any atom is -0.370 e. The summed E-state index contributed by atoms with van der Waals surface area (Å²) < 4.78 is 39.5. The molecule has 1 aromatic heterocycles. The summed E-state index contributed by atoms with van der Waals surface area (Å²) >= 11 is 5.73.